The van der Waals surface area contributed by atoms with Gasteiger partial charge in [-0.1, -0.05) is 0 Å². The molecule has 0 saturated heterocycles. The highest BCUT2D eigenvalue weighted by atomic mass is 32.2. The van der Waals surface area contributed by atoms with Crippen LogP contribution in [-0.4, -0.2) is 11.0 Å². The SMILES string of the molecule is O=C1CC(Sc2cc(F)ccc2F)C1. The average molecular weight is 214 g/mol. The van der Waals surface area contributed by atoms with Crippen molar-refractivity contribution in [3.05, 3.63) is 29.8 Å². The van der Waals surface area contributed by atoms with Gasteiger partial charge in [0, 0.05) is 23.0 Å². The molecule has 1 fully saturated rings. The van der Waals surface area contributed by atoms with E-state index in [4.69, 9.17) is 0 Å². The van der Waals surface area contributed by atoms with Crippen LogP contribution in [0.25, 0.3) is 0 Å². The number of carbonyl (C=O) groups excluding carboxylic acids is 1. The van der Waals surface area contributed by atoms with Crippen LogP contribution in [0, 0.1) is 11.6 Å². The number of ketones is 1. The molecule has 0 amide bonds. The first-order valence-electron chi connectivity index (χ1n) is 4.28. The lowest BCUT2D eigenvalue weighted by atomic mass is 9.98. The van der Waals surface area contributed by atoms with Crippen LogP contribution >= 0.6 is 11.8 Å². The lowest BCUT2D eigenvalue weighted by Crippen LogP contribution is -2.25. The van der Waals surface area contributed by atoms with Crippen molar-refractivity contribution >= 4 is 17.5 Å². The molecule has 1 aliphatic carbocycles. The molecule has 0 N–H and O–H groups in total. The highest BCUT2D eigenvalue weighted by Gasteiger charge is 2.28. The Bertz CT molecular complexity index is 370. The molecule has 0 spiro atoms. The van der Waals surface area contributed by atoms with Gasteiger partial charge in [0.1, 0.15) is 17.4 Å². The smallest absolute Gasteiger partial charge is 0.136 e. The molecule has 14 heavy (non-hydrogen) atoms. The minimum absolute atomic E-state index is 0.124. The van der Waals surface area contributed by atoms with Gasteiger partial charge in [-0.3, -0.25) is 4.79 Å². The summed E-state index contributed by atoms with van der Waals surface area (Å²) in [5.41, 5.74) is 0. The second-order valence-corrected chi connectivity index (χ2v) is 4.60. The van der Waals surface area contributed by atoms with Crippen LogP contribution in [0.2, 0.25) is 0 Å². The number of hydrogen-bond donors (Lipinski definition) is 0. The number of rotatable bonds is 2. The van der Waals surface area contributed by atoms with Gasteiger partial charge in [0.25, 0.3) is 0 Å². The first-order chi connectivity index (χ1) is 6.65. The van der Waals surface area contributed by atoms with Gasteiger partial charge in [0.05, 0.1) is 0 Å². The van der Waals surface area contributed by atoms with Crippen LogP contribution in [-0.2, 0) is 4.79 Å². The van der Waals surface area contributed by atoms with Crippen molar-refractivity contribution in [2.75, 3.05) is 0 Å². The maximum atomic E-state index is 13.1. The summed E-state index contributed by atoms with van der Waals surface area (Å²) >= 11 is 1.24. The third-order valence-corrected chi connectivity index (χ3v) is 3.33. The minimum atomic E-state index is -0.445. The van der Waals surface area contributed by atoms with Gasteiger partial charge >= 0.3 is 0 Å². The van der Waals surface area contributed by atoms with Gasteiger partial charge in [0.15, 0.2) is 0 Å². The standard InChI is InChI=1S/C10H8F2OS/c11-6-1-2-9(12)10(3-6)14-8-4-7(13)5-8/h1-3,8H,4-5H2. The largest absolute Gasteiger partial charge is 0.300 e. The van der Waals surface area contributed by atoms with E-state index in [1.54, 1.807) is 0 Å². The van der Waals surface area contributed by atoms with Crippen molar-refractivity contribution in [2.24, 2.45) is 0 Å². The molecule has 0 bridgehead atoms. The lowest BCUT2D eigenvalue weighted by molar-refractivity contribution is -0.123. The number of halogens is 2. The van der Waals surface area contributed by atoms with Crippen molar-refractivity contribution in [1.29, 1.82) is 0 Å². The Morgan fingerprint density at radius 2 is 2.00 bits per heavy atom. The van der Waals surface area contributed by atoms with Crippen LogP contribution in [0.5, 0.6) is 0 Å². The average Bonchev–Trinajstić information content (AvgIpc) is 2.09. The quantitative estimate of drug-likeness (QED) is 0.753. The Morgan fingerprint density at radius 1 is 1.29 bits per heavy atom. The molecule has 0 aromatic heterocycles. The molecular formula is C10H8F2OS. The number of carbonyl (C=O) groups is 1. The Morgan fingerprint density at radius 3 is 2.64 bits per heavy atom. The zero-order valence-electron chi connectivity index (χ0n) is 7.30. The highest BCUT2D eigenvalue weighted by molar-refractivity contribution is 8.00. The fourth-order valence-corrected chi connectivity index (χ4v) is 2.54. The molecule has 0 heterocycles. The molecule has 1 aromatic carbocycles. The van der Waals surface area contributed by atoms with E-state index in [9.17, 15) is 13.6 Å². The molecule has 4 heteroatoms. The van der Waals surface area contributed by atoms with Crippen LogP contribution in [0.1, 0.15) is 12.8 Å². The van der Waals surface area contributed by atoms with Gasteiger partial charge in [0.2, 0.25) is 0 Å². The van der Waals surface area contributed by atoms with Crippen LogP contribution < -0.4 is 0 Å². The summed E-state index contributed by atoms with van der Waals surface area (Å²) in [6.07, 6.45) is 0.946. The Labute approximate surface area is 84.5 Å². The predicted octanol–water partition coefficient (Wildman–Crippen LogP) is 2.79. The van der Waals surface area contributed by atoms with Gasteiger partial charge in [-0.2, -0.15) is 0 Å². The van der Waals surface area contributed by atoms with E-state index in [1.807, 2.05) is 0 Å². The Kier molecular flexibility index (Phi) is 2.54. The molecule has 1 nitrogen and oxygen atoms in total. The van der Waals surface area contributed by atoms with E-state index in [-0.39, 0.29) is 11.0 Å². The van der Waals surface area contributed by atoms with E-state index in [0.717, 1.165) is 12.1 Å². The molecule has 0 atom stereocenters. The molecule has 1 aliphatic rings. The predicted molar refractivity (Wildman–Crippen MR) is 50.2 cm³/mol. The maximum Gasteiger partial charge on any atom is 0.136 e. The second-order valence-electron chi connectivity index (χ2n) is 3.26. The molecule has 1 aromatic rings. The van der Waals surface area contributed by atoms with Crippen molar-refractivity contribution < 1.29 is 13.6 Å². The third kappa shape index (κ3) is 1.95. The summed E-state index contributed by atoms with van der Waals surface area (Å²) in [7, 11) is 0. The van der Waals surface area contributed by atoms with Crippen molar-refractivity contribution in [3.63, 3.8) is 0 Å². The van der Waals surface area contributed by atoms with Crippen LogP contribution in [0.3, 0.4) is 0 Å². The number of benzene rings is 1. The normalized spacial score (nSPS) is 16.9. The van der Waals surface area contributed by atoms with Crippen LogP contribution in [0.15, 0.2) is 23.1 Å². The maximum absolute atomic E-state index is 13.1. The molecule has 0 unspecified atom stereocenters. The fraction of sp³-hybridized carbons (Fsp3) is 0.300. The topological polar surface area (TPSA) is 17.1 Å². The van der Waals surface area contributed by atoms with Crippen molar-refractivity contribution in [2.45, 2.75) is 23.0 Å². The summed E-state index contributed by atoms with van der Waals surface area (Å²) in [6.45, 7) is 0. The molecule has 0 aliphatic heterocycles. The monoisotopic (exact) mass is 214 g/mol. The number of Topliss-reactive ketones (excluding diaryl/α,β-unsaturated/α-hetero) is 1. The van der Waals surface area contributed by atoms with E-state index >= 15 is 0 Å². The first kappa shape index (κ1) is 9.65. The second kappa shape index (κ2) is 3.69. The van der Waals surface area contributed by atoms with Gasteiger partial charge in [-0.05, 0) is 18.2 Å². The first-order valence-corrected chi connectivity index (χ1v) is 5.16. The highest BCUT2D eigenvalue weighted by Crippen LogP contribution is 2.35. The zero-order chi connectivity index (χ0) is 10.1. The van der Waals surface area contributed by atoms with E-state index in [0.29, 0.717) is 17.7 Å². The van der Waals surface area contributed by atoms with E-state index < -0.39 is 11.6 Å². The summed E-state index contributed by atoms with van der Waals surface area (Å²) in [5, 5.41) is 0.124. The Hall–Kier alpha value is -0.900. The summed E-state index contributed by atoms with van der Waals surface area (Å²) in [5.74, 6) is -0.672. The zero-order valence-corrected chi connectivity index (χ0v) is 8.11. The minimum Gasteiger partial charge on any atom is -0.300 e. The molecule has 0 radical (unpaired) electrons. The fourth-order valence-electron chi connectivity index (χ4n) is 1.28. The molecule has 1 saturated carbocycles. The van der Waals surface area contributed by atoms with E-state index in [1.165, 1.54) is 17.8 Å². The van der Waals surface area contributed by atoms with Gasteiger partial charge in [-0.15, -0.1) is 11.8 Å². The van der Waals surface area contributed by atoms with Gasteiger partial charge in [-0.25, -0.2) is 8.78 Å². The van der Waals surface area contributed by atoms with Crippen LogP contribution in [0.4, 0.5) is 8.78 Å². The van der Waals surface area contributed by atoms with Gasteiger partial charge < -0.3 is 0 Å². The summed E-state index contributed by atoms with van der Waals surface area (Å²) in [4.78, 5) is 11.0. The summed E-state index contributed by atoms with van der Waals surface area (Å²) < 4.78 is 25.9. The summed E-state index contributed by atoms with van der Waals surface area (Å²) in [6, 6.07) is 3.37. The lowest BCUT2D eigenvalue weighted by Gasteiger charge is -2.23. The van der Waals surface area contributed by atoms with E-state index in [2.05, 4.69) is 0 Å². The van der Waals surface area contributed by atoms with Crippen molar-refractivity contribution in [3.8, 4) is 0 Å². The molecular weight excluding hydrogens is 206 g/mol. The molecule has 2 rings (SSSR count). The number of thioether (sulfide) groups is 1. The third-order valence-electron chi connectivity index (χ3n) is 2.10. The number of hydrogen-bond acceptors (Lipinski definition) is 2. The molecule has 74 valence electrons. The van der Waals surface area contributed by atoms with Crippen molar-refractivity contribution in [1.82, 2.24) is 0 Å². The Balaban J connectivity index is 2.08.